The van der Waals surface area contributed by atoms with Gasteiger partial charge in [-0.2, -0.15) is 4.68 Å². The largest absolute Gasteiger partial charge is 0.492 e. The lowest BCUT2D eigenvalue weighted by Crippen LogP contribution is -2.38. The molecule has 0 bridgehead atoms. The monoisotopic (exact) mass is 442 g/mol. The Labute approximate surface area is 185 Å². The van der Waals surface area contributed by atoms with Crippen LogP contribution < -0.4 is 10.1 Å². The molecule has 164 valence electrons. The maximum atomic E-state index is 12.6. The van der Waals surface area contributed by atoms with E-state index in [1.54, 1.807) is 0 Å². The lowest BCUT2D eigenvalue weighted by molar-refractivity contribution is 0.0392. The van der Waals surface area contributed by atoms with Crippen molar-refractivity contribution in [2.45, 2.75) is 25.4 Å². The number of nitrogens with zero attached hydrogens (tertiary/aromatic N) is 5. The molecule has 0 atom stereocenters. The first-order valence-electron chi connectivity index (χ1n) is 10.3. The van der Waals surface area contributed by atoms with Crippen LogP contribution in [0.4, 0.5) is 0 Å². The van der Waals surface area contributed by atoms with Gasteiger partial charge in [-0.3, -0.25) is 9.69 Å². The molecular weight excluding hydrogens is 416 g/mol. The minimum atomic E-state index is -0.162. The molecule has 10 heteroatoms. The van der Waals surface area contributed by atoms with E-state index in [-0.39, 0.29) is 5.91 Å². The van der Waals surface area contributed by atoms with Crippen LogP contribution >= 0.6 is 11.3 Å². The molecule has 0 saturated carbocycles. The zero-order valence-corrected chi connectivity index (χ0v) is 18.3. The van der Waals surface area contributed by atoms with Crippen molar-refractivity contribution in [1.82, 2.24) is 30.4 Å². The topological polar surface area (TPSA) is 94.4 Å². The number of aromatic nitrogens is 4. The molecule has 1 saturated heterocycles. The van der Waals surface area contributed by atoms with Gasteiger partial charge in [0.1, 0.15) is 23.6 Å². The van der Waals surface area contributed by atoms with Gasteiger partial charge in [0.15, 0.2) is 0 Å². The van der Waals surface area contributed by atoms with Crippen molar-refractivity contribution in [3.63, 3.8) is 0 Å². The zero-order valence-electron chi connectivity index (χ0n) is 17.4. The lowest BCUT2D eigenvalue weighted by atomic mass is 10.1. The standard InChI is InChI=1S/C21H26N6O3S/c1-26(17-5-9-29-10-6-17)8-11-30-18-4-2-3-16(13-18)14-22-21(28)20-19(7-12-31-20)27-15-23-24-25-27/h2-4,7,12-13,15,17H,5-6,8-11,14H2,1H3,(H,22,28). The SMILES string of the molecule is CN(CCOc1cccc(CNC(=O)c2sccc2-n2cnnn2)c1)C1CCOCC1. The lowest BCUT2D eigenvalue weighted by Gasteiger charge is -2.31. The Balaban J connectivity index is 1.27. The molecule has 0 unspecified atom stereocenters. The molecule has 1 aromatic carbocycles. The number of hydrogen-bond donors (Lipinski definition) is 1. The predicted octanol–water partition coefficient (Wildman–Crippen LogP) is 2.14. The highest BCUT2D eigenvalue weighted by Gasteiger charge is 2.18. The summed E-state index contributed by atoms with van der Waals surface area (Å²) in [4.78, 5) is 15.6. The quantitative estimate of drug-likeness (QED) is 0.543. The van der Waals surface area contributed by atoms with Gasteiger partial charge in [0, 0.05) is 32.3 Å². The fourth-order valence-corrected chi connectivity index (χ4v) is 4.34. The number of rotatable bonds is 9. The third-order valence-corrected chi connectivity index (χ3v) is 6.23. The van der Waals surface area contributed by atoms with Crippen LogP contribution in [0.2, 0.25) is 0 Å². The van der Waals surface area contributed by atoms with Crippen molar-refractivity contribution in [3.05, 3.63) is 52.5 Å². The van der Waals surface area contributed by atoms with Crippen LogP contribution in [-0.4, -0.2) is 70.5 Å². The second-order valence-corrected chi connectivity index (χ2v) is 8.31. The van der Waals surface area contributed by atoms with Gasteiger partial charge < -0.3 is 14.8 Å². The van der Waals surface area contributed by atoms with Crippen molar-refractivity contribution in [2.75, 3.05) is 33.4 Å². The predicted molar refractivity (Wildman–Crippen MR) is 117 cm³/mol. The van der Waals surface area contributed by atoms with Crippen LogP contribution in [0, 0.1) is 0 Å². The second-order valence-electron chi connectivity index (χ2n) is 7.39. The van der Waals surface area contributed by atoms with Gasteiger partial charge in [-0.1, -0.05) is 12.1 Å². The van der Waals surface area contributed by atoms with Gasteiger partial charge in [0.25, 0.3) is 5.91 Å². The average molecular weight is 443 g/mol. The summed E-state index contributed by atoms with van der Waals surface area (Å²) in [6.45, 7) is 3.57. The van der Waals surface area contributed by atoms with E-state index in [9.17, 15) is 4.79 Å². The summed E-state index contributed by atoms with van der Waals surface area (Å²) in [5.74, 6) is 0.641. The van der Waals surface area contributed by atoms with Gasteiger partial charge >= 0.3 is 0 Å². The Hall–Kier alpha value is -2.82. The van der Waals surface area contributed by atoms with E-state index >= 15 is 0 Å². The molecule has 3 heterocycles. The number of carbonyl (C=O) groups is 1. The summed E-state index contributed by atoms with van der Waals surface area (Å²) < 4.78 is 12.9. The number of amides is 1. The molecular formula is C21H26N6O3S. The molecule has 0 spiro atoms. The third-order valence-electron chi connectivity index (χ3n) is 5.32. The van der Waals surface area contributed by atoms with Gasteiger partial charge in [-0.05, 0) is 59.5 Å². The maximum Gasteiger partial charge on any atom is 0.263 e. The van der Waals surface area contributed by atoms with Gasteiger partial charge in [-0.25, -0.2) is 0 Å². The van der Waals surface area contributed by atoms with Crippen LogP contribution in [-0.2, 0) is 11.3 Å². The summed E-state index contributed by atoms with van der Waals surface area (Å²) in [5, 5.41) is 15.9. The van der Waals surface area contributed by atoms with E-state index in [0.29, 0.717) is 29.8 Å². The Morgan fingerprint density at radius 1 is 1.35 bits per heavy atom. The molecule has 1 aliphatic heterocycles. The number of nitrogens with one attached hydrogen (secondary N) is 1. The molecule has 4 rings (SSSR count). The van der Waals surface area contributed by atoms with Gasteiger partial charge in [0.05, 0.1) is 5.69 Å². The molecule has 9 nitrogen and oxygen atoms in total. The van der Waals surface area contributed by atoms with Crippen LogP contribution in [0.5, 0.6) is 5.75 Å². The Kier molecular flexibility index (Phi) is 7.23. The number of hydrogen-bond acceptors (Lipinski definition) is 8. The Bertz CT molecular complexity index is 971. The summed E-state index contributed by atoms with van der Waals surface area (Å²) in [5.41, 5.74) is 1.64. The first-order chi connectivity index (χ1) is 15.2. The van der Waals surface area contributed by atoms with Crippen LogP contribution in [0.3, 0.4) is 0 Å². The molecule has 1 N–H and O–H groups in total. The molecule has 1 aliphatic rings. The van der Waals surface area contributed by atoms with Gasteiger partial charge in [-0.15, -0.1) is 16.4 Å². The molecule has 2 aromatic heterocycles. The van der Waals surface area contributed by atoms with Crippen molar-refractivity contribution in [1.29, 1.82) is 0 Å². The van der Waals surface area contributed by atoms with Gasteiger partial charge in [0.2, 0.25) is 0 Å². The highest BCUT2D eigenvalue weighted by Crippen LogP contribution is 2.20. The zero-order chi connectivity index (χ0) is 21.5. The smallest absolute Gasteiger partial charge is 0.263 e. The summed E-state index contributed by atoms with van der Waals surface area (Å²) in [6, 6.07) is 10.2. The third kappa shape index (κ3) is 5.66. The molecule has 3 aromatic rings. The highest BCUT2D eigenvalue weighted by molar-refractivity contribution is 7.12. The van der Waals surface area contributed by atoms with Crippen molar-refractivity contribution < 1.29 is 14.3 Å². The Morgan fingerprint density at radius 2 is 2.23 bits per heavy atom. The number of carbonyl (C=O) groups excluding carboxylic acids is 1. The Morgan fingerprint density at radius 3 is 3.03 bits per heavy atom. The van der Waals surface area contributed by atoms with E-state index in [4.69, 9.17) is 9.47 Å². The van der Waals surface area contributed by atoms with Crippen molar-refractivity contribution in [2.24, 2.45) is 0 Å². The van der Waals surface area contributed by atoms with E-state index in [1.165, 1.54) is 22.3 Å². The average Bonchev–Trinajstić information content (AvgIpc) is 3.50. The fourth-order valence-electron chi connectivity index (χ4n) is 3.55. The molecule has 1 fully saturated rings. The van der Waals surface area contributed by atoms with E-state index in [0.717, 1.165) is 43.9 Å². The van der Waals surface area contributed by atoms with Crippen LogP contribution in [0.15, 0.2) is 42.0 Å². The van der Waals surface area contributed by atoms with Crippen LogP contribution in [0.25, 0.3) is 5.69 Å². The normalized spacial score (nSPS) is 14.6. The minimum Gasteiger partial charge on any atom is -0.492 e. The van der Waals surface area contributed by atoms with E-state index < -0.39 is 0 Å². The van der Waals surface area contributed by atoms with E-state index in [1.807, 2.05) is 35.7 Å². The minimum absolute atomic E-state index is 0.162. The summed E-state index contributed by atoms with van der Waals surface area (Å²) in [7, 11) is 2.14. The first-order valence-corrected chi connectivity index (χ1v) is 11.2. The van der Waals surface area contributed by atoms with Crippen LogP contribution in [0.1, 0.15) is 28.1 Å². The van der Waals surface area contributed by atoms with Crippen molar-refractivity contribution in [3.8, 4) is 11.4 Å². The molecule has 31 heavy (non-hydrogen) atoms. The fraction of sp³-hybridized carbons (Fsp3) is 0.429. The number of benzene rings is 1. The highest BCUT2D eigenvalue weighted by atomic mass is 32.1. The maximum absolute atomic E-state index is 12.6. The molecule has 0 aliphatic carbocycles. The summed E-state index contributed by atoms with van der Waals surface area (Å²) in [6.07, 6.45) is 3.62. The second kappa shape index (κ2) is 10.5. The number of ether oxygens (including phenoxy) is 2. The molecule has 1 amide bonds. The number of thiophene rings is 1. The number of likely N-dealkylation sites (N-methyl/N-ethyl adjacent to an activating group) is 1. The summed E-state index contributed by atoms with van der Waals surface area (Å²) >= 11 is 1.35. The van der Waals surface area contributed by atoms with Crippen molar-refractivity contribution >= 4 is 17.2 Å². The molecule has 0 radical (unpaired) electrons. The van der Waals surface area contributed by atoms with E-state index in [2.05, 4.69) is 32.8 Å². The number of tetrazole rings is 1. The first kappa shape index (κ1) is 21.4.